The van der Waals surface area contributed by atoms with Crippen molar-refractivity contribution >= 4 is 17.9 Å². The van der Waals surface area contributed by atoms with Crippen molar-refractivity contribution in [2.24, 2.45) is 0 Å². The van der Waals surface area contributed by atoms with E-state index in [2.05, 4.69) is 69.4 Å². The SMILES string of the molecule is CCCCCCC/C=C\C/C=C\C/C=C\CCCCCCCCCCC(=O)OC(COC(=O)CCCCCCCC)COC(=O)CCCCCCCCCCCCCCCCCCCCCCCCC/C=C\CCCCCCCCCC. The van der Waals surface area contributed by atoms with Gasteiger partial charge in [-0.2, -0.15) is 0 Å². The highest BCUT2D eigenvalue weighted by atomic mass is 16.6. The van der Waals surface area contributed by atoms with Gasteiger partial charge in [0.2, 0.25) is 0 Å². The lowest BCUT2D eigenvalue weighted by atomic mass is 10.0. The molecule has 0 aromatic carbocycles. The van der Waals surface area contributed by atoms with Gasteiger partial charge in [-0.3, -0.25) is 14.4 Å². The zero-order valence-electron chi connectivity index (χ0n) is 55.3. The summed E-state index contributed by atoms with van der Waals surface area (Å²) in [4.78, 5) is 38.1. The zero-order chi connectivity index (χ0) is 59.2. The van der Waals surface area contributed by atoms with Gasteiger partial charge in [0.05, 0.1) is 0 Å². The Morgan fingerprint density at radius 3 is 0.695 bits per heavy atom. The lowest BCUT2D eigenvalue weighted by Gasteiger charge is -2.18. The predicted octanol–water partition coefficient (Wildman–Crippen LogP) is 25.3. The number of unbranched alkanes of at least 4 members (excludes halogenated alkanes) is 49. The van der Waals surface area contributed by atoms with E-state index in [1.165, 1.54) is 283 Å². The summed E-state index contributed by atoms with van der Waals surface area (Å²) in [6, 6.07) is 0. The van der Waals surface area contributed by atoms with E-state index >= 15 is 0 Å². The van der Waals surface area contributed by atoms with Crippen molar-refractivity contribution in [1.29, 1.82) is 0 Å². The van der Waals surface area contributed by atoms with Crippen LogP contribution in [0, 0.1) is 0 Å². The minimum Gasteiger partial charge on any atom is -0.462 e. The maximum Gasteiger partial charge on any atom is 0.306 e. The van der Waals surface area contributed by atoms with Crippen LogP contribution in [0.25, 0.3) is 0 Å². The highest BCUT2D eigenvalue weighted by Crippen LogP contribution is 2.18. The Labute approximate surface area is 511 Å². The van der Waals surface area contributed by atoms with Gasteiger partial charge in [0.15, 0.2) is 6.10 Å². The molecule has 0 saturated carbocycles. The Kier molecular flexibility index (Phi) is 68.6. The van der Waals surface area contributed by atoms with Crippen LogP contribution in [0.4, 0.5) is 0 Å². The molecule has 0 bridgehead atoms. The molecule has 6 heteroatoms. The van der Waals surface area contributed by atoms with Crippen LogP contribution in [0.15, 0.2) is 48.6 Å². The highest BCUT2D eigenvalue weighted by molar-refractivity contribution is 5.71. The summed E-state index contributed by atoms with van der Waals surface area (Å²) >= 11 is 0. The van der Waals surface area contributed by atoms with Crippen molar-refractivity contribution in [2.75, 3.05) is 13.2 Å². The van der Waals surface area contributed by atoms with E-state index in [1.807, 2.05) is 0 Å². The van der Waals surface area contributed by atoms with E-state index in [0.29, 0.717) is 19.3 Å². The average Bonchev–Trinajstić information content (AvgIpc) is 3.47. The first kappa shape index (κ1) is 79.4. The Morgan fingerprint density at radius 1 is 0.244 bits per heavy atom. The summed E-state index contributed by atoms with van der Waals surface area (Å²) in [6.45, 7) is 6.62. The van der Waals surface area contributed by atoms with Gasteiger partial charge in [-0.25, -0.2) is 0 Å². The van der Waals surface area contributed by atoms with Gasteiger partial charge in [-0.05, 0) is 83.5 Å². The number of allylic oxidation sites excluding steroid dienone is 8. The normalized spacial score (nSPS) is 12.3. The third kappa shape index (κ3) is 68.2. The van der Waals surface area contributed by atoms with Crippen molar-refractivity contribution in [2.45, 2.75) is 406 Å². The predicted molar refractivity (Wildman–Crippen MR) is 358 cm³/mol. The smallest absolute Gasteiger partial charge is 0.306 e. The molecule has 480 valence electrons. The molecule has 0 N–H and O–H groups in total. The minimum absolute atomic E-state index is 0.0720. The summed E-state index contributed by atoms with van der Waals surface area (Å²) in [5.74, 6) is -0.867. The highest BCUT2D eigenvalue weighted by Gasteiger charge is 2.19. The van der Waals surface area contributed by atoms with Gasteiger partial charge in [-0.15, -0.1) is 0 Å². The molecular weight excluding hydrogens is 1010 g/mol. The van der Waals surface area contributed by atoms with Crippen LogP contribution in [-0.4, -0.2) is 37.2 Å². The van der Waals surface area contributed by atoms with E-state index in [-0.39, 0.29) is 31.1 Å². The second-order valence-electron chi connectivity index (χ2n) is 24.9. The van der Waals surface area contributed by atoms with E-state index in [4.69, 9.17) is 14.2 Å². The number of carbonyl (C=O) groups excluding carboxylic acids is 3. The molecule has 0 saturated heterocycles. The molecule has 1 atom stereocenters. The number of ether oxygens (including phenoxy) is 3. The fraction of sp³-hybridized carbons (Fsp3) is 0.855. The third-order valence-corrected chi connectivity index (χ3v) is 16.6. The van der Waals surface area contributed by atoms with Crippen LogP contribution in [0.1, 0.15) is 400 Å². The molecule has 0 amide bonds. The summed E-state index contributed by atoms with van der Waals surface area (Å²) in [6.07, 6.45) is 90.6. The summed E-state index contributed by atoms with van der Waals surface area (Å²) < 4.78 is 16.9. The van der Waals surface area contributed by atoms with Gasteiger partial charge in [0, 0.05) is 19.3 Å². The van der Waals surface area contributed by atoms with Gasteiger partial charge in [0.25, 0.3) is 0 Å². The van der Waals surface area contributed by atoms with Crippen LogP contribution in [0.2, 0.25) is 0 Å². The summed E-state index contributed by atoms with van der Waals surface area (Å²) in [7, 11) is 0. The Bertz CT molecular complexity index is 1410. The maximum absolute atomic E-state index is 12.9. The largest absolute Gasteiger partial charge is 0.462 e. The lowest BCUT2D eigenvalue weighted by molar-refractivity contribution is -0.167. The molecule has 0 heterocycles. The second-order valence-corrected chi connectivity index (χ2v) is 24.9. The van der Waals surface area contributed by atoms with Gasteiger partial charge < -0.3 is 14.2 Å². The Balaban J connectivity index is 3.93. The first-order valence-corrected chi connectivity index (χ1v) is 36.6. The number of carbonyl (C=O) groups is 3. The van der Waals surface area contributed by atoms with Crippen LogP contribution < -0.4 is 0 Å². The quantitative estimate of drug-likeness (QED) is 0.0261. The fourth-order valence-electron chi connectivity index (χ4n) is 11.0. The molecule has 0 spiro atoms. The Hall–Kier alpha value is -2.63. The van der Waals surface area contributed by atoms with Gasteiger partial charge in [0.1, 0.15) is 13.2 Å². The van der Waals surface area contributed by atoms with Crippen LogP contribution in [0.5, 0.6) is 0 Å². The average molecular weight is 1150 g/mol. The first-order valence-electron chi connectivity index (χ1n) is 36.6. The number of hydrogen-bond donors (Lipinski definition) is 0. The molecule has 0 aromatic rings. The molecule has 6 nitrogen and oxygen atoms in total. The van der Waals surface area contributed by atoms with Crippen molar-refractivity contribution in [3.05, 3.63) is 48.6 Å². The van der Waals surface area contributed by atoms with E-state index in [0.717, 1.165) is 77.0 Å². The second kappa shape index (κ2) is 70.9. The summed E-state index contributed by atoms with van der Waals surface area (Å²) in [5, 5.41) is 0. The number of rotatable bonds is 68. The topological polar surface area (TPSA) is 78.9 Å². The molecule has 1 unspecified atom stereocenters. The Morgan fingerprint density at radius 2 is 0.439 bits per heavy atom. The maximum atomic E-state index is 12.9. The third-order valence-electron chi connectivity index (χ3n) is 16.6. The number of esters is 3. The van der Waals surface area contributed by atoms with Crippen molar-refractivity contribution in [3.8, 4) is 0 Å². The number of hydrogen-bond acceptors (Lipinski definition) is 6. The van der Waals surface area contributed by atoms with E-state index in [1.54, 1.807) is 0 Å². The van der Waals surface area contributed by atoms with E-state index < -0.39 is 6.10 Å². The molecule has 0 aromatic heterocycles. The molecule has 0 fully saturated rings. The molecule has 0 aliphatic carbocycles. The van der Waals surface area contributed by atoms with E-state index in [9.17, 15) is 14.4 Å². The van der Waals surface area contributed by atoms with Crippen LogP contribution >= 0.6 is 0 Å². The summed E-state index contributed by atoms with van der Waals surface area (Å²) in [5.41, 5.74) is 0. The molecule has 0 aliphatic heterocycles. The molecule has 0 radical (unpaired) electrons. The standard InChI is InChI=1S/C76H140O6/c1-4-7-10-13-16-18-20-22-24-26-28-30-32-33-34-35-36-37-38-39-40-41-42-43-45-46-48-50-52-54-56-58-60-63-66-69-75(78)81-72-73(71-80-74(77)68-65-62-15-12-9-6-3)82-76(79)70-67-64-61-59-57-55-53-51-49-47-44-31-29-27-25-23-21-19-17-14-11-8-5-2/h21,23,26-29,44,47,73H,4-20,22,24-25,30-43,45-46,48-72H2,1-3H3/b23-21-,28-26-,29-27-,47-44-. The zero-order valence-corrected chi connectivity index (χ0v) is 55.3. The molecule has 0 rings (SSSR count). The molecule has 0 aliphatic rings. The van der Waals surface area contributed by atoms with Crippen molar-refractivity contribution < 1.29 is 28.6 Å². The molecule has 82 heavy (non-hydrogen) atoms. The van der Waals surface area contributed by atoms with Gasteiger partial charge in [-0.1, -0.05) is 345 Å². The molecular formula is C76H140O6. The monoisotopic (exact) mass is 1150 g/mol. The fourth-order valence-corrected chi connectivity index (χ4v) is 11.0. The van der Waals surface area contributed by atoms with Crippen molar-refractivity contribution in [3.63, 3.8) is 0 Å². The lowest BCUT2D eigenvalue weighted by Crippen LogP contribution is -2.30. The minimum atomic E-state index is -0.773. The van der Waals surface area contributed by atoms with Crippen LogP contribution in [-0.2, 0) is 28.6 Å². The van der Waals surface area contributed by atoms with Gasteiger partial charge >= 0.3 is 17.9 Å². The first-order chi connectivity index (χ1) is 40.5. The van der Waals surface area contributed by atoms with Crippen LogP contribution in [0.3, 0.4) is 0 Å². The van der Waals surface area contributed by atoms with Crippen molar-refractivity contribution in [1.82, 2.24) is 0 Å².